The third-order valence-corrected chi connectivity index (χ3v) is 2.04. The maximum Gasteiger partial charge on any atom is 0.330 e. The molecule has 0 fully saturated rings. The van der Waals surface area contributed by atoms with Crippen molar-refractivity contribution in [2.75, 3.05) is 0 Å². The monoisotopic (exact) mass is 257 g/mol. The molecular weight excluding hydrogens is 238 g/mol. The topological polar surface area (TPSA) is 107 Å². The summed E-state index contributed by atoms with van der Waals surface area (Å²) in [6.45, 7) is 5.26. The molecule has 0 aliphatic carbocycles. The molecule has 1 atom stereocenters. The van der Waals surface area contributed by atoms with Crippen molar-refractivity contribution < 1.29 is 24.2 Å². The fourth-order valence-corrected chi connectivity index (χ4v) is 1.32. The van der Waals surface area contributed by atoms with Gasteiger partial charge in [-0.3, -0.25) is 4.79 Å². The number of carbonyl (C=O) groups is 3. The van der Waals surface area contributed by atoms with Crippen molar-refractivity contribution in [1.82, 2.24) is 0 Å². The number of hydrogen-bond donors (Lipinski definition) is 2. The van der Waals surface area contributed by atoms with E-state index in [1.165, 1.54) is 6.92 Å². The van der Waals surface area contributed by atoms with E-state index >= 15 is 0 Å². The first kappa shape index (κ1) is 16.3. The minimum atomic E-state index is -1.15. The first-order valence-corrected chi connectivity index (χ1v) is 5.62. The lowest BCUT2D eigenvalue weighted by molar-refractivity contribution is -0.160. The van der Waals surface area contributed by atoms with Crippen LogP contribution < -0.4 is 5.73 Å². The molecule has 0 saturated heterocycles. The van der Waals surface area contributed by atoms with E-state index in [4.69, 9.17) is 10.8 Å². The van der Waals surface area contributed by atoms with Crippen LogP contribution in [0.25, 0.3) is 0 Å². The second-order valence-corrected chi connectivity index (χ2v) is 4.53. The van der Waals surface area contributed by atoms with Gasteiger partial charge in [0.25, 0.3) is 0 Å². The molecular formula is C12H19NO5. The molecule has 6 heteroatoms. The number of rotatable bonds is 6. The van der Waals surface area contributed by atoms with Crippen LogP contribution >= 0.6 is 0 Å². The van der Waals surface area contributed by atoms with E-state index in [0.29, 0.717) is 12.0 Å². The molecule has 0 aromatic rings. The average molecular weight is 257 g/mol. The fraction of sp³-hybridized carbons (Fsp3) is 0.583. The van der Waals surface area contributed by atoms with Gasteiger partial charge in [-0.05, 0) is 19.3 Å². The van der Waals surface area contributed by atoms with E-state index in [0.717, 1.165) is 6.08 Å². The Balaban J connectivity index is 4.24. The Morgan fingerprint density at radius 3 is 2.33 bits per heavy atom. The Kier molecular flexibility index (Phi) is 6.89. The largest absolute Gasteiger partial charge is 0.478 e. The normalized spacial score (nSPS) is 13.3. The van der Waals surface area contributed by atoms with Crippen LogP contribution in [0.5, 0.6) is 0 Å². The van der Waals surface area contributed by atoms with Crippen LogP contribution in [0.4, 0.5) is 0 Å². The molecule has 0 aromatic heterocycles. The number of ether oxygens (including phenoxy) is 1. The molecule has 0 bridgehead atoms. The number of aliphatic carboxylic acids is 1. The van der Waals surface area contributed by atoms with Crippen LogP contribution in [-0.4, -0.2) is 29.1 Å². The van der Waals surface area contributed by atoms with Crippen molar-refractivity contribution in [2.45, 2.75) is 39.7 Å². The highest BCUT2D eigenvalue weighted by Crippen LogP contribution is 2.06. The van der Waals surface area contributed by atoms with Crippen molar-refractivity contribution in [3.63, 3.8) is 0 Å². The molecule has 0 amide bonds. The van der Waals surface area contributed by atoms with Gasteiger partial charge in [-0.2, -0.15) is 0 Å². The third kappa shape index (κ3) is 7.56. The van der Waals surface area contributed by atoms with Crippen molar-refractivity contribution in [3.05, 3.63) is 11.6 Å². The second kappa shape index (κ2) is 7.60. The van der Waals surface area contributed by atoms with Crippen molar-refractivity contribution >= 4 is 17.9 Å². The molecule has 3 N–H and O–H groups in total. The summed E-state index contributed by atoms with van der Waals surface area (Å²) < 4.78 is 4.53. The summed E-state index contributed by atoms with van der Waals surface area (Å²) >= 11 is 0. The quantitative estimate of drug-likeness (QED) is 0.415. The number of nitrogens with two attached hydrogens (primary N) is 1. The number of esters is 2. The van der Waals surface area contributed by atoms with E-state index in [-0.39, 0.29) is 12.3 Å². The van der Waals surface area contributed by atoms with Crippen LogP contribution in [0.15, 0.2) is 11.6 Å². The molecule has 0 aromatic carbocycles. The van der Waals surface area contributed by atoms with Gasteiger partial charge in [0.05, 0.1) is 6.42 Å². The van der Waals surface area contributed by atoms with Crippen LogP contribution in [0.2, 0.25) is 0 Å². The van der Waals surface area contributed by atoms with Gasteiger partial charge in [0.15, 0.2) is 0 Å². The number of carboxylic acid groups (broad SMARTS) is 1. The van der Waals surface area contributed by atoms with Gasteiger partial charge in [-0.1, -0.05) is 19.4 Å². The SMILES string of the molecule is C/C(=C\C(=O)O)CC(=O)OC(=O)[C@@H](N)CC(C)C. The minimum Gasteiger partial charge on any atom is -0.478 e. The van der Waals surface area contributed by atoms with Gasteiger partial charge in [-0.25, -0.2) is 9.59 Å². The standard InChI is InChI=1S/C12H19NO5/c1-7(2)4-9(13)12(17)18-11(16)6-8(3)5-10(14)15/h5,7,9H,4,6,13H2,1-3H3,(H,14,15)/b8-5+/t9-/m0/s1. The van der Waals surface area contributed by atoms with Crippen molar-refractivity contribution in [2.24, 2.45) is 11.7 Å². The predicted molar refractivity (Wildman–Crippen MR) is 64.5 cm³/mol. The lowest BCUT2D eigenvalue weighted by atomic mass is 10.1. The zero-order valence-electron chi connectivity index (χ0n) is 10.8. The molecule has 0 rings (SSSR count). The molecule has 0 spiro atoms. The maximum atomic E-state index is 11.4. The van der Waals surface area contributed by atoms with Crippen LogP contribution in [0, 0.1) is 5.92 Å². The molecule has 18 heavy (non-hydrogen) atoms. The molecule has 6 nitrogen and oxygen atoms in total. The highest BCUT2D eigenvalue weighted by molar-refractivity contribution is 5.90. The Labute approximate surface area is 106 Å². The highest BCUT2D eigenvalue weighted by Gasteiger charge is 2.19. The van der Waals surface area contributed by atoms with Crippen molar-refractivity contribution in [3.8, 4) is 0 Å². The van der Waals surface area contributed by atoms with Gasteiger partial charge in [0, 0.05) is 6.08 Å². The van der Waals surface area contributed by atoms with E-state index in [2.05, 4.69) is 4.74 Å². The molecule has 0 unspecified atom stereocenters. The summed E-state index contributed by atoms with van der Waals surface area (Å²) in [5.74, 6) is -2.51. The van der Waals surface area contributed by atoms with Gasteiger partial charge < -0.3 is 15.6 Å². The van der Waals surface area contributed by atoms with Gasteiger partial charge in [-0.15, -0.1) is 0 Å². The van der Waals surface area contributed by atoms with Gasteiger partial charge in [0.1, 0.15) is 6.04 Å². The number of carboxylic acids is 1. The fourth-order valence-electron chi connectivity index (χ4n) is 1.32. The van der Waals surface area contributed by atoms with Crippen LogP contribution in [0.1, 0.15) is 33.6 Å². The molecule has 0 heterocycles. The average Bonchev–Trinajstić information content (AvgIpc) is 2.13. The smallest absolute Gasteiger partial charge is 0.330 e. The summed E-state index contributed by atoms with van der Waals surface area (Å²) in [5, 5.41) is 8.45. The number of hydrogen-bond acceptors (Lipinski definition) is 5. The summed E-state index contributed by atoms with van der Waals surface area (Å²) in [7, 11) is 0. The Morgan fingerprint density at radius 2 is 1.89 bits per heavy atom. The number of carbonyl (C=O) groups excluding carboxylic acids is 2. The lowest BCUT2D eigenvalue weighted by Crippen LogP contribution is -2.35. The summed E-state index contributed by atoms with van der Waals surface area (Å²) in [6.07, 6.45) is 1.07. The zero-order valence-corrected chi connectivity index (χ0v) is 10.8. The van der Waals surface area contributed by atoms with Crippen molar-refractivity contribution in [1.29, 1.82) is 0 Å². The van der Waals surface area contributed by atoms with Crippen LogP contribution in [-0.2, 0) is 19.1 Å². The molecule has 0 aliphatic heterocycles. The predicted octanol–water partition coefficient (Wildman–Crippen LogP) is 0.851. The summed E-state index contributed by atoms with van der Waals surface area (Å²) in [6, 6.07) is -0.835. The van der Waals surface area contributed by atoms with Gasteiger partial charge in [0.2, 0.25) is 0 Å². The van der Waals surface area contributed by atoms with E-state index in [1.54, 1.807) is 0 Å². The van der Waals surface area contributed by atoms with Crippen LogP contribution in [0.3, 0.4) is 0 Å². The second-order valence-electron chi connectivity index (χ2n) is 4.53. The highest BCUT2D eigenvalue weighted by atomic mass is 16.6. The maximum absolute atomic E-state index is 11.4. The van der Waals surface area contributed by atoms with E-state index in [9.17, 15) is 14.4 Å². The van der Waals surface area contributed by atoms with Gasteiger partial charge >= 0.3 is 17.9 Å². The Morgan fingerprint density at radius 1 is 1.33 bits per heavy atom. The summed E-state index contributed by atoms with van der Waals surface area (Å²) in [5.41, 5.74) is 5.85. The molecule has 0 saturated carbocycles. The minimum absolute atomic E-state index is 0.219. The Hall–Kier alpha value is -1.69. The zero-order chi connectivity index (χ0) is 14.3. The summed E-state index contributed by atoms with van der Waals surface area (Å²) in [4.78, 5) is 33.0. The lowest BCUT2D eigenvalue weighted by Gasteiger charge is -2.12. The Bertz CT molecular complexity index is 359. The first-order chi connectivity index (χ1) is 8.22. The molecule has 0 radical (unpaired) electrons. The molecule has 0 aliphatic rings. The molecule has 102 valence electrons. The van der Waals surface area contributed by atoms with E-state index < -0.39 is 23.9 Å². The van der Waals surface area contributed by atoms with E-state index in [1.807, 2.05) is 13.8 Å². The third-order valence-electron chi connectivity index (χ3n) is 2.04. The first-order valence-electron chi connectivity index (χ1n) is 5.62.